The molecule has 0 unspecified atom stereocenters. The van der Waals surface area contributed by atoms with Gasteiger partial charge in [-0.2, -0.15) is 0 Å². The zero-order valence-corrected chi connectivity index (χ0v) is 15.9. The summed E-state index contributed by atoms with van der Waals surface area (Å²) in [6.07, 6.45) is 3.80. The summed E-state index contributed by atoms with van der Waals surface area (Å²) in [6.45, 7) is 1.64. The maximum absolute atomic E-state index is 12.4. The first-order chi connectivity index (χ1) is 10.4. The van der Waals surface area contributed by atoms with Gasteiger partial charge in [-0.05, 0) is 37.1 Å². The molecule has 1 heterocycles. The van der Waals surface area contributed by atoms with Crippen LogP contribution in [-0.2, 0) is 0 Å². The highest BCUT2D eigenvalue weighted by atomic mass is 79.9. The standard InChI is InChI=1S/C15H18BrCl3N2O/c16-12-7-5-11(6-8-12)13(22)20-14(15(17,18)19)21-9-3-1-2-4-10-21/h5-8,14H,1-4,9-10H2,(H,20,22)/t14-/m0/s1. The number of nitrogens with one attached hydrogen (secondary N) is 1. The minimum absolute atomic E-state index is 0.243. The molecule has 1 atom stereocenters. The molecule has 0 spiro atoms. The van der Waals surface area contributed by atoms with Crippen molar-refractivity contribution in [3.8, 4) is 0 Å². The Balaban J connectivity index is 2.12. The van der Waals surface area contributed by atoms with Crippen LogP contribution in [0.5, 0.6) is 0 Å². The molecule has 1 aromatic rings. The van der Waals surface area contributed by atoms with Gasteiger partial charge in [-0.3, -0.25) is 9.69 Å². The SMILES string of the molecule is O=C(N[C@@H](N1CCCCCC1)C(Cl)(Cl)Cl)c1ccc(Br)cc1. The third-order valence-electron chi connectivity index (χ3n) is 3.69. The Bertz CT molecular complexity index is 497. The molecule has 0 radical (unpaired) electrons. The Hall–Kier alpha value is -0.000000000000000167. The van der Waals surface area contributed by atoms with Crippen LogP contribution in [0.15, 0.2) is 28.7 Å². The number of amides is 1. The van der Waals surface area contributed by atoms with Crippen LogP contribution in [0.1, 0.15) is 36.0 Å². The molecule has 0 bridgehead atoms. The second-order valence-corrected chi connectivity index (χ2v) is 8.66. The van der Waals surface area contributed by atoms with Gasteiger partial charge in [0.2, 0.25) is 3.79 Å². The molecule has 1 aliphatic heterocycles. The van der Waals surface area contributed by atoms with E-state index in [0.29, 0.717) is 5.56 Å². The number of alkyl halides is 3. The molecule has 1 fully saturated rings. The van der Waals surface area contributed by atoms with E-state index in [0.717, 1.165) is 30.4 Å². The summed E-state index contributed by atoms with van der Waals surface area (Å²) >= 11 is 21.7. The highest BCUT2D eigenvalue weighted by Gasteiger charge is 2.38. The number of rotatable bonds is 3. The van der Waals surface area contributed by atoms with Gasteiger partial charge < -0.3 is 5.32 Å². The van der Waals surface area contributed by atoms with Crippen molar-refractivity contribution < 1.29 is 4.79 Å². The number of hydrogen-bond acceptors (Lipinski definition) is 2. The molecule has 1 amide bonds. The molecular weight excluding hydrogens is 410 g/mol. The van der Waals surface area contributed by atoms with Crippen molar-refractivity contribution in [1.29, 1.82) is 0 Å². The van der Waals surface area contributed by atoms with E-state index in [1.165, 1.54) is 12.8 Å². The third kappa shape index (κ3) is 5.27. The summed E-state index contributed by atoms with van der Waals surface area (Å²) < 4.78 is -0.662. The van der Waals surface area contributed by atoms with Gasteiger partial charge in [-0.15, -0.1) is 0 Å². The van der Waals surface area contributed by atoms with Gasteiger partial charge in [0, 0.05) is 23.1 Å². The smallest absolute Gasteiger partial charge is 0.252 e. The van der Waals surface area contributed by atoms with Crippen molar-refractivity contribution in [3.63, 3.8) is 0 Å². The first-order valence-electron chi connectivity index (χ1n) is 7.25. The topological polar surface area (TPSA) is 32.3 Å². The molecule has 1 aliphatic rings. The van der Waals surface area contributed by atoms with Crippen molar-refractivity contribution >= 4 is 56.6 Å². The number of hydrogen-bond donors (Lipinski definition) is 1. The second-order valence-electron chi connectivity index (χ2n) is 5.37. The Morgan fingerprint density at radius 2 is 1.64 bits per heavy atom. The summed E-state index contributed by atoms with van der Waals surface area (Å²) in [5.41, 5.74) is 0.539. The average molecular weight is 429 g/mol. The van der Waals surface area contributed by atoms with Crippen molar-refractivity contribution in [2.75, 3.05) is 13.1 Å². The predicted octanol–water partition coefficient (Wildman–Crippen LogP) is 4.75. The molecule has 7 heteroatoms. The number of carbonyl (C=O) groups excluding carboxylic acids is 1. The maximum atomic E-state index is 12.4. The normalized spacial score (nSPS) is 18.5. The lowest BCUT2D eigenvalue weighted by atomic mass is 10.2. The van der Waals surface area contributed by atoms with Crippen LogP contribution >= 0.6 is 50.7 Å². The fourth-order valence-electron chi connectivity index (χ4n) is 2.54. The lowest BCUT2D eigenvalue weighted by Gasteiger charge is -2.35. The molecule has 122 valence electrons. The number of likely N-dealkylation sites (tertiary alicyclic amines) is 1. The average Bonchev–Trinajstić information content (AvgIpc) is 2.73. The largest absolute Gasteiger partial charge is 0.332 e. The van der Waals surface area contributed by atoms with Crippen LogP contribution in [0.4, 0.5) is 0 Å². The minimum Gasteiger partial charge on any atom is -0.332 e. The molecule has 22 heavy (non-hydrogen) atoms. The summed E-state index contributed by atoms with van der Waals surface area (Å²) in [5.74, 6) is -0.243. The van der Waals surface area contributed by atoms with Crippen LogP contribution in [0, 0.1) is 0 Å². The third-order valence-corrected chi connectivity index (χ3v) is 4.84. The number of nitrogens with zero attached hydrogens (tertiary/aromatic N) is 1. The van der Waals surface area contributed by atoms with Gasteiger partial charge >= 0.3 is 0 Å². The lowest BCUT2D eigenvalue weighted by Crippen LogP contribution is -2.55. The predicted molar refractivity (Wildman–Crippen MR) is 95.7 cm³/mol. The van der Waals surface area contributed by atoms with E-state index in [1.54, 1.807) is 12.1 Å². The fourth-order valence-corrected chi connectivity index (χ4v) is 3.38. The summed E-state index contributed by atoms with van der Waals surface area (Å²) in [7, 11) is 0. The van der Waals surface area contributed by atoms with E-state index >= 15 is 0 Å². The summed E-state index contributed by atoms with van der Waals surface area (Å²) in [4.78, 5) is 14.5. The fraction of sp³-hybridized carbons (Fsp3) is 0.533. The van der Waals surface area contributed by atoms with Gasteiger partial charge in [-0.25, -0.2) is 0 Å². The number of carbonyl (C=O) groups is 1. The van der Waals surface area contributed by atoms with Gasteiger partial charge in [-0.1, -0.05) is 63.6 Å². The highest BCUT2D eigenvalue weighted by molar-refractivity contribution is 9.10. The molecule has 1 N–H and O–H groups in total. The maximum Gasteiger partial charge on any atom is 0.252 e. The van der Waals surface area contributed by atoms with Crippen LogP contribution in [0.3, 0.4) is 0 Å². The molecule has 1 aromatic carbocycles. The summed E-state index contributed by atoms with van der Waals surface area (Å²) in [6, 6.07) is 7.09. The van der Waals surface area contributed by atoms with E-state index < -0.39 is 9.96 Å². The Morgan fingerprint density at radius 1 is 1.09 bits per heavy atom. The van der Waals surface area contributed by atoms with Crippen LogP contribution in [0.2, 0.25) is 0 Å². The lowest BCUT2D eigenvalue weighted by molar-refractivity contribution is 0.0853. The van der Waals surface area contributed by atoms with E-state index in [-0.39, 0.29) is 5.91 Å². The molecule has 1 saturated heterocycles. The van der Waals surface area contributed by atoms with E-state index in [1.807, 2.05) is 12.1 Å². The molecule has 0 saturated carbocycles. The zero-order chi connectivity index (χ0) is 16.2. The van der Waals surface area contributed by atoms with Crippen molar-refractivity contribution in [3.05, 3.63) is 34.3 Å². The van der Waals surface area contributed by atoms with Gasteiger partial charge in [0.25, 0.3) is 5.91 Å². The van der Waals surface area contributed by atoms with E-state index in [2.05, 4.69) is 26.1 Å². The number of halogens is 4. The monoisotopic (exact) mass is 426 g/mol. The number of benzene rings is 1. The van der Waals surface area contributed by atoms with E-state index in [4.69, 9.17) is 34.8 Å². The zero-order valence-electron chi connectivity index (χ0n) is 12.0. The Labute approximate surface area is 154 Å². The van der Waals surface area contributed by atoms with Gasteiger partial charge in [0.15, 0.2) is 0 Å². The van der Waals surface area contributed by atoms with E-state index in [9.17, 15) is 4.79 Å². The van der Waals surface area contributed by atoms with Gasteiger partial charge in [0.05, 0.1) is 0 Å². The minimum atomic E-state index is -1.57. The first kappa shape index (κ1) is 18.3. The highest BCUT2D eigenvalue weighted by Crippen LogP contribution is 2.33. The summed E-state index contributed by atoms with van der Waals surface area (Å²) in [5, 5.41) is 2.87. The van der Waals surface area contributed by atoms with Crippen LogP contribution < -0.4 is 5.32 Å². The van der Waals surface area contributed by atoms with Crippen molar-refractivity contribution in [1.82, 2.24) is 10.2 Å². The van der Waals surface area contributed by atoms with Crippen LogP contribution in [0.25, 0.3) is 0 Å². The molecular formula is C15H18BrCl3N2O. The first-order valence-corrected chi connectivity index (χ1v) is 9.18. The Kier molecular flexibility index (Phi) is 6.84. The van der Waals surface area contributed by atoms with Crippen molar-refractivity contribution in [2.24, 2.45) is 0 Å². The molecule has 0 aliphatic carbocycles. The molecule has 3 nitrogen and oxygen atoms in total. The Morgan fingerprint density at radius 3 is 2.14 bits per heavy atom. The van der Waals surface area contributed by atoms with Crippen molar-refractivity contribution in [2.45, 2.75) is 35.6 Å². The molecule has 0 aromatic heterocycles. The second kappa shape index (κ2) is 8.20. The molecule has 2 rings (SSSR count). The quantitative estimate of drug-likeness (QED) is 0.705. The van der Waals surface area contributed by atoms with Crippen LogP contribution in [-0.4, -0.2) is 33.9 Å². The van der Waals surface area contributed by atoms with Gasteiger partial charge in [0.1, 0.15) is 6.17 Å².